The Morgan fingerprint density at radius 1 is 1.21 bits per heavy atom. The van der Waals surface area contributed by atoms with E-state index in [0.29, 0.717) is 6.54 Å². The molecule has 0 amide bonds. The molecular weight excluding hydrogens is 241 g/mol. The second kappa shape index (κ2) is 4.72. The van der Waals surface area contributed by atoms with Crippen molar-refractivity contribution < 1.29 is 4.39 Å². The van der Waals surface area contributed by atoms with Crippen molar-refractivity contribution in [3.8, 4) is 0 Å². The Labute approximate surface area is 110 Å². The molecule has 0 aliphatic carbocycles. The Morgan fingerprint density at radius 3 is 2.89 bits per heavy atom. The molecule has 0 radical (unpaired) electrons. The van der Waals surface area contributed by atoms with Gasteiger partial charge in [-0.25, -0.2) is 4.39 Å². The molecule has 19 heavy (non-hydrogen) atoms. The summed E-state index contributed by atoms with van der Waals surface area (Å²) in [6.07, 6.45) is 1.83. The molecular formula is C15H14FN3. The van der Waals surface area contributed by atoms with Gasteiger partial charge in [0.1, 0.15) is 5.82 Å². The minimum atomic E-state index is -0.216. The van der Waals surface area contributed by atoms with Gasteiger partial charge in [-0.3, -0.25) is 4.68 Å². The summed E-state index contributed by atoms with van der Waals surface area (Å²) in [6.45, 7) is 0.570. The Morgan fingerprint density at radius 2 is 2.11 bits per heavy atom. The molecule has 3 aromatic rings. The van der Waals surface area contributed by atoms with Gasteiger partial charge in [-0.15, -0.1) is 0 Å². The summed E-state index contributed by atoms with van der Waals surface area (Å²) >= 11 is 0. The molecule has 1 heterocycles. The van der Waals surface area contributed by atoms with Gasteiger partial charge < -0.3 is 5.32 Å². The van der Waals surface area contributed by atoms with Crippen molar-refractivity contribution >= 4 is 16.6 Å². The largest absolute Gasteiger partial charge is 0.388 e. The van der Waals surface area contributed by atoms with E-state index in [4.69, 9.17) is 0 Å². The lowest BCUT2D eigenvalue weighted by Crippen LogP contribution is -2.01. The van der Waals surface area contributed by atoms with E-state index in [0.717, 1.165) is 22.2 Å². The van der Waals surface area contributed by atoms with Crippen LogP contribution in [0.5, 0.6) is 0 Å². The van der Waals surface area contributed by atoms with Crippen LogP contribution in [-0.2, 0) is 6.54 Å². The van der Waals surface area contributed by atoms with Crippen LogP contribution in [0.1, 0.15) is 5.56 Å². The van der Waals surface area contributed by atoms with E-state index >= 15 is 0 Å². The van der Waals surface area contributed by atoms with Crippen LogP contribution in [0.2, 0.25) is 0 Å². The van der Waals surface area contributed by atoms with Gasteiger partial charge in [-0.2, -0.15) is 5.10 Å². The molecule has 0 saturated carbocycles. The van der Waals surface area contributed by atoms with E-state index in [1.165, 1.54) is 12.1 Å². The third kappa shape index (κ3) is 2.29. The maximum atomic E-state index is 13.2. The van der Waals surface area contributed by atoms with Crippen molar-refractivity contribution in [2.75, 3.05) is 12.4 Å². The summed E-state index contributed by atoms with van der Waals surface area (Å²) in [5.74, 6) is -0.216. The van der Waals surface area contributed by atoms with Crippen LogP contribution in [0.25, 0.3) is 10.9 Å². The molecule has 0 fully saturated rings. The number of nitrogens with zero attached hydrogens (tertiary/aromatic N) is 2. The lowest BCUT2D eigenvalue weighted by atomic mass is 10.2. The standard InChI is InChI=1S/C15H14FN3/c1-17-14-5-6-15-12(8-14)9-18-19(15)10-11-3-2-4-13(16)7-11/h2-9,17H,10H2,1H3. The van der Waals surface area contributed by atoms with Crippen LogP contribution in [0.4, 0.5) is 10.1 Å². The first kappa shape index (κ1) is 11.7. The number of nitrogens with one attached hydrogen (secondary N) is 1. The SMILES string of the molecule is CNc1ccc2c(cnn2Cc2cccc(F)c2)c1. The molecule has 0 unspecified atom stereocenters. The Hall–Kier alpha value is -2.36. The van der Waals surface area contributed by atoms with Crippen molar-refractivity contribution in [1.82, 2.24) is 9.78 Å². The van der Waals surface area contributed by atoms with Gasteiger partial charge in [0.05, 0.1) is 18.3 Å². The Bertz CT molecular complexity index is 718. The lowest BCUT2D eigenvalue weighted by molar-refractivity contribution is 0.621. The number of aromatic nitrogens is 2. The van der Waals surface area contributed by atoms with Crippen LogP contribution in [0.3, 0.4) is 0 Å². The fourth-order valence-corrected chi connectivity index (χ4v) is 2.18. The Balaban J connectivity index is 1.97. The minimum absolute atomic E-state index is 0.216. The smallest absolute Gasteiger partial charge is 0.123 e. The molecule has 0 atom stereocenters. The van der Waals surface area contributed by atoms with Crippen LogP contribution < -0.4 is 5.32 Å². The van der Waals surface area contributed by atoms with Gasteiger partial charge in [0, 0.05) is 18.1 Å². The van der Waals surface area contributed by atoms with Crippen LogP contribution in [0, 0.1) is 5.82 Å². The third-order valence-electron chi connectivity index (χ3n) is 3.15. The summed E-state index contributed by atoms with van der Waals surface area (Å²) in [6, 6.07) is 12.7. The van der Waals surface area contributed by atoms with Gasteiger partial charge in [0.15, 0.2) is 0 Å². The number of anilines is 1. The van der Waals surface area contributed by atoms with Crippen LogP contribution in [-0.4, -0.2) is 16.8 Å². The number of benzene rings is 2. The first-order chi connectivity index (χ1) is 9.26. The summed E-state index contributed by atoms with van der Waals surface area (Å²) in [7, 11) is 1.89. The van der Waals surface area contributed by atoms with E-state index in [-0.39, 0.29) is 5.82 Å². The number of halogens is 1. The van der Waals surface area contributed by atoms with E-state index < -0.39 is 0 Å². The zero-order valence-corrected chi connectivity index (χ0v) is 10.6. The van der Waals surface area contributed by atoms with Crippen LogP contribution >= 0.6 is 0 Å². The van der Waals surface area contributed by atoms with E-state index in [2.05, 4.69) is 10.4 Å². The van der Waals surface area contributed by atoms with Gasteiger partial charge in [0.2, 0.25) is 0 Å². The van der Waals surface area contributed by atoms with Gasteiger partial charge in [0.25, 0.3) is 0 Å². The molecule has 0 spiro atoms. The zero-order valence-electron chi connectivity index (χ0n) is 10.6. The number of hydrogen-bond acceptors (Lipinski definition) is 2. The molecule has 3 rings (SSSR count). The highest BCUT2D eigenvalue weighted by atomic mass is 19.1. The molecule has 1 N–H and O–H groups in total. The van der Waals surface area contributed by atoms with Crippen LogP contribution in [0.15, 0.2) is 48.7 Å². The molecule has 0 aliphatic rings. The fraction of sp³-hybridized carbons (Fsp3) is 0.133. The van der Waals surface area contributed by atoms with Crippen molar-refractivity contribution in [1.29, 1.82) is 0 Å². The molecule has 0 bridgehead atoms. The molecule has 0 saturated heterocycles. The van der Waals surface area contributed by atoms with Gasteiger partial charge in [-0.05, 0) is 35.9 Å². The topological polar surface area (TPSA) is 29.9 Å². The molecule has 3 nitrogen and oxygen atoms in total. The predicted molar refractivity (Wildman–Crippen MR) is 74.8 cm³/mol. The summed E-state index contributed by atoms with van der Waals surface area (Å²) in [5.41, 5.74) is 3.00. The minimum Gasteiger partial charge on any atom is -0.388 e. The monoisotopic (exact) mass is 255 g/mol. The maximum Gasteiger partial charge on any atom is 0.123 e. The first-order valence-corrected chi connectivity index (χ1v) is 6.14. The molecule has 1 aromatic heterocycles. The fourth-order valence-electron chi connectivity index (χ4n) is 2.18. The average molecular weight is 255 g/mol. The normalized spacial score (nSPS) is 10.8. The quantitative estimate of drug-likeness (QED) is 0.778. The molecule has 0 aliphatic heterocycles. The molecule has 4 heteroatoms. The highest BCUT2D eigenvalue weighted by molar-refractivity contribution is 5.82. The Kier molecular flexibility index (Phi) is 2.91. The van der Waals surface area contributed by atoms with Crippen molar-refractivity contribution in [2.45, 2.75) is 6.54 Å². The van der Waals surface area contributed by atoms with Crippen molar-refractivity contribution in [3.63, 3.8) is 0 Å². The summed E-state index contributed by atoms with van der Waals surface area (Å²) < 4.78 is 15.0. The van der Waals surface area contributed by atoms with Gasteiger partial charge >= 0.3 is 0 Å². The van der Waals surface area contributed by atoms with Crippen molar-refractivity contribution in [2.24, 2.45) is 0 Å². The van der Waals surface area contributed by atoms with Gasteiger partial charge in [-0.1, -0.05) is 12.1 Å². The predicted octanol–water partition coefficient (Wildman–Crippen LogP) is 3.27. The maximum absolute atomic E-state index is 13.2. The van der Waals surface area contributed by atoms with E-state index in [9.17, 15) is 4.39 Å². The highest BCUT2D eigenvalue weighted by Crippen LogP contribution is 2.19. The zero-order chi connectivity index (χ0) is 13.2. The second-order valence-electron chi connectivity index (χ2n) is 4.46. The lowest BCUT2D eigenvalue weighted by Gasteiger charge is -2.05. The summed E-state index contributed by atoms with van der Waals surface area (Å²) in [5, 5.41) is 8.53. The average Bonchev–Trinajstić information content (AvgIpc) is 2.81. The second-order valence-corrected chi connectivity index (χ2v) is 4.46. The number of hydrogen-bond donors (Lipinski definition) is 1. The molecule has 96 valence electrons. The van der Waals surface area contributed by atoms with E-state index in [1.807, 2.05) is 42.2 Å². The number of fused-ring (bicyclic) bond motifs is 1. The highest BCUT2D eigenvalue weighted by Gasteiger charge is 2.04. The van der Waals surface area contributed by atoms with E-state index in [1.54, 1.807) is 6.07 Å². The summed E-state index contributed by atoms with van der Waals surface area (Å²) in [4.78, 5) is 0. The first-order valence-electron chi connectivity index (χ1n) is 6.14. The third-order valence-corrected chi connectivity index (χ3v) is 3.15. The van der Waals surface area contributed by atoms with Crippen molar-refractivity contribution in [3.05, 3.63) is 60.0 Å². The molecule has 2 aromatic carbocycles. The number of rotatable bonds is 3.